The molecule has 0 fully saturated rings. The third kappa shape index (κ3) is 3.32. The van der Waals surface area contributed by atoms with Crippen LogP contribution in [0, 0.1) is 6.92 Å². The third-order valence-electron chi connectivity index (χ3n) is 2.81. The van der Waals surface area contributed by atoms with Crippen molar-refractivity contribution in [3.05, 3.63) is 59.5 Å². The number of aromatic nitrogens is 2. The number of carbonyl (C=O) groups excluding carboxylic acids is 1. The van der Waals surface area contributed by atoms with Crippen LogP contribution in [0.4, 0.5) is 5.82 Å². The van der Waals surface area contributed by atoms with Crippen LogP contribution in [0.15, 0.2) is 51.5 Å². The molecule has 0 saturated carbocycles. The minimum absolute atomic E-state index is 0.0312. The van der Waals surface area contributed by atoms with E-state index in [4.69, 9.17) is 13.8 Å². The predicted octanol–water partition coefficient (Wildman–Crippen LogP) is 2.80. The van der Waals surface area contributed by atoms with Crippen LogP contribution in [0.25, 0.3) is 0 Å². The highest BCUT2D eigenvalue weighted by atomic mass is 16.5. The van der Waals surface area contributed by atoms with Crippen LogP contribution < -0.4 is 10.1 Å². The van der Waals surface area contributed by atoms with Crippen molar-refractivity contribution in [1.82, 2.24) is 10.3 Å². The molecular weight excluding hydrogens is 286 g/mol. The maximum absolute atomic E-state index is 11.9. The molecule has 0 spiro atoms. The number of nitrogens with one attached hydrogen (secondary N) is 1. The van der Waals surface area contributed by atoms with E-state index in [0.717, 1.165) is 5.56 Å². The number of anilines is 1. The number of carbonyl (C=O) groups is 1. The minimum atomic E-state index is -0.477. The van der Waals surface area contributed by atoms with E-state index in [1.54, 1.807) is 13.0 Å². The molecule has 7 heteroatoms. The van der Waals surface area contributed by atoms with E-state index >= 15 is 0 Å². The molecule has 0 saturated heterocycles. The van der Waals surface area contributed by atoms with Crippen molar-refractivity contribution in [2.24, 2.45) is 0 Å². The standard InChI is InChI=1S/C15H13N3O4/c1-10-7-13(17-21-10)16-15(19)12-8-14(18-22-12)20-9-11-5-3-2-4-6-11/h2-8H,9H2,1H3,(H,16,17,19). The van der Waals surface area contributed by atoms with Crippen LogP contribution in [-0.2, 0) is 6.61 Å². The summed E-state index contributed by atoms with van der Waals surface area (Å²) in [7, 11) is 0. The van der Waals surface area contributed by atoms with Gasteiger partial charge in [-0.15, -0.1) is 0 Å². The topological polar surface area (TPSA) is 90.4 Å². The largest absolute Gasteiger partial charge is 0.471 e. The van der Waals surface area contributed by atoms with Crippen LogP contribution in [0.1, 0.15) is 21.9 Å². The number of nitrogens with zero attached hydrogens (tertiary/aromatic N) is 2. The van der Waals surface area contributed by atoms with Crippen molar-refractivity contribution in [3.8, 4) is 5.88 Å². The lowest BCUT2D eigenvalue weighted by atomic mass is 10.2. The lowest BCUT2D eigenvalue weighted by Crippen LogP contribution is -2.10. The van der Waals surface area contributed by atoms with Gasteiger partial charge in [0.1, 0.15) is 12.4 Å². The summed E-state index contributed by atoms with van der Waals surface area (Å²) in [6.07, 6.45) is 0. The van der Waals surface area contributed by atoms with Gasteiger partial charge in [0, 0.05) is 6.07 Å². The van der Waals surface area contributed by atoms with Gasteiger partial charge < -0.3 is 19.1 Å². The van der Waals surface area contributed by atoms with Crippen molar-refractivity contribution < 1.29 is 18.6 Å². The minimum Gasteiger partial charge on any atom is -0.471 e. The Morgan fingerprint density at radius 1 is 1.18 bits per heavy atom. The van der Waals surface area contributed by atoms with Crippen LogP contribution in [0.2, 0.25) is 0 Å². The first kappa shape index (κ1) is 13.9. The lowest BCUT2D eigenvalue weighted by Gasteiger charge is -2.00. The first-order chi connectivity index (χ1) is 10.7. The number of aryl methyl sites for hydroxylation is 1. The van der Waals surface area contributed by atoms with Crippen molar-refractivity contribution in [2.75, 3.05) is 5.32 Å². The van der Waals surface area contributed by atoms with Gasteiger partial charge in [0.15, 0.2) is 5.82 Å². The van der Waals surface area contributed by atoms with Gasteiger partial charge in [-0.25, -0.2) is 0 Å². The van der Waals surface area contributed by atoms with Crippen LogP contribution in [-0.4, -0.2) is 16.2 Å². The van der Waals surface area contributed by atoms with Gasteiger partial charge in [-0.05, 0) is 17.6 Å². The first-order valence-corrected chi connectivity index (χ1v) is 6.59. The van der Waals surface area contributed by atoms with Crippen LogP contribution in [0.3, 0.4) is 0 Å². The second kappa shape index (κ2) is 6.13. The zero-order chi connectivity index (χ0) is 15.4. The maximum Gasteiger partial charge on any atom is 0.295 e. The zero-order valence-electron chi connectivity index (χ0n) is 11.8. The molecule has 3 rings (SSSR count). The Balaban J connectivity index is 1.59. The molecule has 0 unspecified atom stereocenters. The highest BCUT2D eigenvalue weighted by Gasteiger charge is 2.15. The Hall–Kier alpha value is -3.09. The van der Waals surface area contributed by atoms with E-state index in [1.165, 1.54) is 6.07 Å². The molecule has 112 valence electrons. The Bertz CT molecular complexity index is 764. The van der Waals surface area contributed by atoms with Gasteiger partial charge in [-0.1, -0.05) is 35.5 Å². The van der Waals surface area contributed by atoms with Gasteiger partial charge in [0.25, 0.3) is 11.8 Å². The Kier molecular flexibility index (Phi) is 3.86. The molecule has 2 aromatic heterocycles. The molecule has 0 aliphatic heterocycles. The van der Waals surface area contributed by atoms with Crippen LogP contribution in [0.5, 0.6) is 5.88 Å². The molecule has 22 heavy (non-hydrogen) atoms. The number of hydrogen-bond acceptors (Lipinski definition) is 6. The van der Waals surface area contributed by atoms with E-state index in [2.05, 4.69) is 15.6 Å². The molecule has 1 N–H and O–H groups in total. The number of ether oxygens (including phenoxy) is 1. The maximum atomic E-state index is 11.9. The van der Waals surface area contributed by atoms with Crippen molar-refractivity contribution in [2.45, 2.75) is 13.5 Å². The molecule has 0 aliphatic carbocycles. The summed E-state index contributed by atoms with van der Waals surface area (Å²) < 4.78 is 15.3. The fraction of sp³-hybridized carbons (Fsp3) is 0.133. The van der Waals surface area contributed by atoms with E-state index in [9.17, 15) is 4.79 Å². The monoisotopic (exact) mass is 299 g/mol. The summed E-state index contributed by atoms with van der Waals surface area (Å²) in [5.74, 6) is 0.704. The summed E-state index contributed by atoms with van der Waals surface area (Å²) in [4.78, 5) is 11.9. The second-order valence-electron chi connectivity index (χ2n) is 4.58. The number of benzene rings is 1. The van der Waals surface area contributed by atoms with E-state index in [1.807, 2.05) is 30.3 Å². The lowest BCUT2D eigenvalue weighted by molar-refractivity contribution is 0.0986. The van der Waals surface area contributed by atoms with Crippen molar-refractivity contribution in [1.29, 1.82) is 0 Å². The smallest absolute Gasteiger partial charge is 0.295 e. The molecule has 0 aliphatic rings. The molecule has 3 aromatic rings. The average molecular weight is 299 g/mol. The van der Waals surface area contributed by atoms with Crippen molar-refractivity contribution in [3.63, 3.8) is 0 Å². The molecule has 1 aromatic carbocycles. The zero-order valence-corrected chi connectivity index (χ0v) is 11.8. The summed E-state index contributed by atoms with van der Waals surface area (Å²) in [5.41, 5.74) is 0.995. The summed E-state index contributed by atoms with van der Waals surface area (Å²) in [5, 5.41) is 9.89. The molecule has 1 amide bonds. The fourth-order valence-corrected chi connectivity index (χ4v) is 1.77. The molecule has 0 atom stereocenters. The number of amides is 1. The van der Waals surface area contributed by atoms with Gasteiger partial charge in [-0.2, -0.15) is 0 Å². The summed E-state index contributed by atoms with van der Waals surface area (Å²) >= 11 is 0. The normalized spacial score (nSPS) is 10.4. The van der Waals surface area contributed by atoms with E-state index in [0.29, 0.717) is 18.2 Å². The average Bonchev–Trinajstić information content (AvgIpc) is 3.15. The van der Waals surface area contributed by atoms with E-state index in [-0.39, 0.29) is 11.6 Å². The molecule has 2 heterocycles. The number of hydrogen-bond donors (Lipinski definition) is 1. The Morgan fingerprint density at radius 3 is 2.73 bits per heavy atom. The molecule has 0 radical (unpaired) electrons. The highest BCUT2D eigenvalue weighted by Crippen LogP contribution is 2.15. The van der Waals surface area contributed by atoms with Crippen molar-refractivity contribution >= 4 is 11.7 Å². The highest BCUT2D eigenvalue weighted by molar-refractivity contribution is 6.01. The summed E-state index contributed by atoms with van der Waals surface area (Å²) in [6.45, 7) is 2.07. The van der Waals surface area contributed by atoms with Crippen LogP contribution >= 0.6 is 0 Å². The van der Waals surface area contributed by atoms with E-state index < -0.39 is 5.91 Å². The predicted molar refractivity (Wildman–Crippen MR) is 76.5 cm³/mol. The third-order valence-corrected chi connectivity index (χ3v) is 2.81. The van der Waals surface area contributed by atoms with Gasteiger partial charge in [-0.3, -0.25) is 4.79 Å². The Morgan fingerprint density at radius 2 is 2.00 bits per heavy atom. The fourth-order valence-electron chi connectivity index (χ4n) is 1.77. The quantitative estimate of drug-likeness (QED) is 0.779. The first-order valence-electron chi connectivity index (χ1n) is 6.59. The van der Waals surface area contributed by atoms with Gasteiger partial charge >= 0.3 is 0 Å². The SMILES string of the molecule is Cc1cc(NC(=O)c2cc(OCc3ccccc3)no2)no1. The van der Waals surface area contributed by atoms with Gasteiger partial charge in [0.05, 0.1) is 6.07 Å². The number of rotatable bonds is 5. The van der Waals surface area contributed by atoms with Gasteiger partial charge in [0.2, 0.25) is 5.76 Å². The molecule has 0 bridgehead atoms. The molecular formula is C15H13N3O4. The Labute approximate surface area is 125 Å². The molecule has 7 nitrogen and oxygen atoms in total. The summed E-state index contributed by atoms with van der Waals surface area (Å²) in [6, 6.07) is 12.6. The second-order valence-corrected chi connectivity index (χ2v) is 4.58.